The molecule has 0 radical (unpaired) electrons. The second-order valence-electron chi connectivity index (χ2n) is 5.21. The van der Waals surface area contributed by atoms with Gasteiger partial charge in [-0.2, -0.15) is 0 Å². The van der Waals surface area contributed by atoms with E-state index in [0.29, 0.717) is 6.61 Å². The van der Waals surface area contributed by atoms with Crippen molar-refractivity contribution in [1.29, 1.82) is 0 Å². The Balaban J connectivity index is 1.98. The largest absolute Gasteiger partial charge is 0.396 e. The monoisotopic (exact) mass is 254 g/mol. The second kappa shape index (κ2) is 5.46. The highest BCUT2D eigenvalue weighted by atomic mass is 32.1. The molecule has 4 heteroatoms. The lowest BCUT2D eigenvalue weighted by atomic mass is 9.78. The van der Waals surface area contributed by atoms with Crippen LogP contribution in [0.3, 0.4) is 0 Å². The molecule has 1 aromatic rings. The molecule has 0 spiro atoms. The van der Waals surface area contributed by atoms with Crippen LogP contribution in [0.2, 0.25) is 0 Å². The van der Waals surface area contributed by atoms with Crippen molar-refractivity contribution in [3.63, 3.8) is 0 Å². The van der Waals surface area contributed by atoms with Gasteiger partial charge in [0.2, 0.25) is 0 Å². The van der Waals surface area contributed by atoms with Gasteiger partial charge in [0.15, 0.2) is 0 Å². The standard InChI is InChI=1S/C13H22N2OS/c1-3-13(10-16)5-4-6-15(9-13)7-12-14-11(2)8-17-12/h8,16H,3-7,9-10H2,1-2H3. The summed E-state index contributed by atoms with van der Waals surface area (Å²) in [6.07, 6.45) is 3.42. The molecule has 1 unspecified atom stereocenters. The summed E-state index contributed by atoms with van der Waals surface area (Å²) in [7, 11) is 0. The number of rotatable bonds is 4. The van der Waals surface area contributed by atoms with Crippen LogP contribution >= 0.6 is 11.3 Å². The van der Waals surface area contributed by atoms with E-state index >= 15 is 0 Å². The van der Waals surface area contributed by atoms with E-state index in [9.17, 15) is 5.11 Å². The molecule has 1 atom stereocenters. The molecule has 17 heavy (non-hydrogen) atoms. The minimum atomic E-state index is 0.130. The Kier molecular flexibility index (Phi) is 4.17. The molecule has 0 amide bonds. The van der Waals surface area contributed by atoms with Crippen molar-refractivity contribution < 1.29 is 5.11 Å². The highest BCUT2D eigenvalue weighted by Gasteiger charge is 2.33. The van der Waals surface area contributed by atoms with Crippen molar-refractivity contribution in [2.45, 2.75) is 39.7 Å². The van der Waals surface area contributed by atoms with Crippen LogP contribution in [-0.4, -0.2) is 34.7 Å². The fourth-order valence-electron chi connectivity index (χ4n) is 2.64. The highest BCUT2D eigenvalue weighted by molar-refractivity contribution is 7.09. The van der Waals surface area contributed by atoms with Crippen molar-refractivity contribution in [1.82, 2.24) is 9.88 Å². The quantitative estimate of drug-likeness (QED) is 0.896. The Morgan fingerprint density at radius 3 is 3.00 bits per heavy atom. The number of nitrogens with zero attached hydrogens (tertiary/aromatic N) is 2. The van der Waals surface area contributed by atoms with Crippen LogP contribution in [0.15, 0.2) is 5.38 Å². The third kappa shape index (κ3) is 3.06. The lowest BCUT2D eigenvalue weighted by Gasteiger charge is -2.41. The predicted octanol–water partition coefficient (Wildman–Crippen LogP) is 2.44. The van der Waals surface area contributed by atoms with Crippen LogP contribution < -0.4 is 0 Å². The molecule has 1 N–H and O–H groups in total. The van der Waals surface area contributed by atoms with Gasteiger partial charge in [-0.25, -0.2) is 4.98 Å². The Bertz CT molecular complexity index is 360. The number of hydrogen-bond acceptors (Lipinski definition) is 4. The van der Waals surface area contributed by atoms with Crippen LogP contribution in [0, 0.1) is 12.3 Å². The van der Waals surface area contributed by atoms with Gasteiger partial charge in [0.25, 0.3) is 0 Å². The number of piperidine rings is 1. The SMILES string of the molecule is CCC1(CO)CCCN(Cc2nc(C)cs2)C1. The number of likely N-dealkylation sites (tertiary alicyclic amines) is 1. The lowest BCUT2D eigenvalue weighted by Crippen LogP contribution is -2.44. The number of aliphatic hydroxyl groups excluding tert-OH is 1. The summed E-state index contributed by atoms with van der Waals surface area (Å²) < 4.78 is 0. The molecule has 0 saturated carbocycles. The average Bonchev–Trinajstić information content (AvgIpc) is 2.75. The molecule has 2 heterocycles. The van der Waals surface area contributed by atoms with Crippen LogP contribution in [0.4, 0.5) is 0 Å². The van der Waals surface area contributed by atoms with Gasteiger partial charge in [0.1, 0.15) is 5.01 Å². The van der Waals surface area contributed by atoms with E-state index in [0.717, 1.165) is 38.2 Å². The molecular formula is C13H22N2OS. The van der Waals surface area contributed by atoms with Crippen LogP contribution in [0.1, 0.15) is 36.9 Å². The summed E-state index contributed by atoms with van der Waals surface area (Å²) in [5.41, 5.74) is 1.25. The maximum absolute atomic E-state index is 9.59. The maximum Gasteiger partial charge on any atom is 0.107 e. The number of hydrogen-bond donors (Lipinski definition) is 1. The number of thiazole rings is 1. The molecule has 1 fully saturated rings. The number of aryl methyl sites for hydroxylation is 1. The van der Waals surface area contributed by atoms with E-state index in [1.165, 1.54) is 11.4 Å². The first kappa shape index (κ1) is 13.0. The number of aliphatic hydroxyl groups is 1. The molecule has 1 saturated heterocycles. The molecule has 0 aromatic carbocycles. The van der Waals surface area contributed by atoms with Crippen LogP contribution in [0.5, 0.6) is 0 Å². The fraction of sp³-hybridized carbons (Fsp3) is 0.769. The summed E-state index contributed by atoms with van der Waals surface area (Å²) in [4.78, 5) is 6.96. The summed E-state index contributed by atoms with van der Waals surface area (Å²) in [6.45, 7) is 7.64. The van der Waals surface area contributed by atoms with Gasteiger partial charge in [-0.15, -0.1) is 11.3 Å². The summed E-state index contributed by atoms with van der Waals surface area (Å²) in [5, 5.41) is 12.9. The minimum Gasteiger partial charge on any atom is -0.396 e. The summed E-state index contributed by atoms with van der Waals surface area (Å²) >= 11 is 1.74. The van der Waals surface area contributed by atoms with E-state index in [4.69, 9.17) is 0 Å². The van der Waals surface area contributed by atoms with Gasteiger partial charge in [0, 0.05) is 29.6 Å². The molecule has 1 aromatic heterocycles. The maximum atomic E-state index is 9.59. The van der Waals surface area contributed by atoms with Crippen molar-refractivity contribution in [2.75, 3.05) is 19.7 Å². The first-order valence-corrected chi connectivity index (χ1v) is 7.30. The molecule has 96 valence electrons. The van der Waals surface area contributed by atoms with Gasteiger partial charge < -0.3 is 5.11 Å². The zero-order valence-corrected chi connectivity index (χ0v) is 11.6. The lowest BCUT2D eigenvalue weighted by molar-refractivity contribution is 0.0258. The zero-order chi connectivity index (χ0) is 12.3. The average molecular weight is 254 g/mol. The molecule has 0 aliphatic carbocycles. The van der Waals surface area contributed by atoms with Gasteiger partial charge in [-0.3, -0.25) is 4.90 Å². The van der Waals surface area contributed by atoms with E-state index in [2.05, 4.69) is 22.2 Å². The first-order valence-electron chi connectivity index (χ1n) is 6.42. The molecule has 1 aliphatic rings. The second-order valence-corrected chi connectivity index (χ2v) is 6.15. The van der Waals surface area contributed by atoms with E-state index in [1.807, 2.05) is 6.92 Å². The first-order chi connectivity index (χ1) is 8.17. The molecule has 1 aliphatic heterocycles. The Labute approximate surface area is 107 Å². The summed E-state index contributed by atoms with van der Waals surface area (Å²) in [6, 6.07) is 0. The van der Waals surface area contributed by atoms with E-state index in [-0.39, 0.29) is 5.41 Å². The molecule has 3 nitrogen and oxygen atoms in total. The van der Waals surface area contributed by atoms with Crippen molar-refractivity contribution >= 4 is 11.3 Å². The topological polar surface area (TPSA) is 36.4 Å². The highest BCUT2D eigenvalue weighted by Crippen LogP contribution is 2.33. The van der Waals surface area contributed by atoms with Crippen LogP contribution in [-0.2, 0) is 6.54 Å². The third-order valence-corrected chi connectivity index (χ3v) is 4.80. The predicted molar refractivity (Wildman–Crippen MR) is 71.2 cm³/mol. The van der Waals surface area contributed by atoms with Gasteiger partial charge >= 0.3 is 0 Å². The van der Waals surface area contributed by atoms with Crippen molar-refractivity contribution in [3.05, 3.63) is 16.1 Å². The van der Waals surface area contributed by atoms with E-state index in [1.54, 1.807) is 11.3 Å². The smallest absolute Gasteiger partial charge is 0.107 e. The van der Waals surface area contributed by atoms with Crippen LogP contribution in [0.25, 0.3) is 0 Å². The minimum absolute atomic E-state index is 0.130. The Hall–Kier alpha value is -0.450. The van der Waals surface area contributed by atoms with Gasteiger partial charge in [-0.05, 0) is 32.7 Å². The Morgan fingerprint density at radius 2 is 2.41 bits per heavy atom. The van der Waals surface area contributed by atoms with Crippen molar-refractivity contribution in [3.8, 4) is 0 Å². The zero-order valence-electron chi connectivity index (χ0n) is 10.8. The van der Waals surface area contributed by atoms with E-state index < -0.39 is 0 Å². The van der Waals surface area contributed by atoms with Gasteiger partial charge in [0.05, 0.1) is 6.54 Å². The Morgan fingerprint density at radius 1 is 1.59 bits per heavy atom. The molecule has 2 rings (SSSR count). The van der Waals surface area contributed by atoms with Gasteiger partial charge in [-0.1, -0.05) is 6.92 Å². The third-order valence-electron chi connectivity index (χ3n) is 3.85. The molecule has 0 bridgehead atoms. The summed E-state index contributed by atoms with van der Waals surface area (Å²) in [5.74, 6) is 0. The molecular weight excluding hydrogens is 232 g/mol. The fourth-order valence-corrected chi connectivity index (χ4v) is 3.45. The number of aromatic nitrogens is 1. The van der Waals surface area contributed by atoms with Crippen molar-refractivity contribution in [2.24, 2.45) is 5.41 Å². The normalized spacial score (nSPS) is 26.3.